The zero-order chi connectivity index (χ0) is 13.8. The zero-order valence-electron chi connectivity index (χ0n) is 10.3. The molecule has 1 amide bonds. The Morgan fingerprint density at radius 3 is 2.84 bits per heavy atom. The van der Waals surface area contributed by atoms with Gasteiger partial charge in [-0.3, -0.25) is 4.79 Å². The Kier molecular flexibility index (Phi) is 5.20. The summed E-state index contributed by atoms with van der Waals surface area (Å²) in [6.07, 6.45) is 0. The summed E-state index contributed by atoms with van der Waals surface area (Å²) in [6, 6.07) is 3.73. The molecule has 0 unspecified atom stereocenters. The SMILES string of the molecule is C[C@H](Sc1nncs1)C(=O)N[C@@H](C)c1ccc(Cl)s1. The molecule has 2 heterocycles. The number of nitrogens with zero attached hydrogens (tertiary/aromatic N) is 2. The van der Waals surface area contributed by atoms with E-state index in [2.05, 4.69) is 15.5 Å². The predicted molar refractivity (Wildman–Crippen MR) is 81.1 cm³/mol. The first-order valence-corrected chi connectivity index (χ1v) is 8.50. The van der Waals surface area contributed by atoms with E-state index in [1.54, 1.807) is 5.51 Å². The van der Waals surface area contributed by atoms with Crippen LogP contribution in [0.2, 0.25) is 4.34 Å². The summed E-state index contributed by atoms with van der Waals surface area (Å²) in [5.41, 5.74) is 1.66. The molecule has 0 aliphatic rings. The van der Waals surface area contributed by atoms with Crippen molar-refractivity contribution in [3.05, 3.63) is 26.9 Å². The second-order valence-corrected chi connectivity index (χ2v) is 8.00. The van der Waals surface area contributed by atoms with Gasteiger partial charge >= 0.3 is 0 Å². The van der Waals surface area contributed by atoms with Gasteiger partial charge in [-0.2, -0.15) is 0 Å². The molecule has 4 nitrogen and oxygen atoms in total. The second kappa shape index (κ2) is 6.69. The molecular formula is C11H12ClN3OS3. The van der Waals surface area contributed by atoms with Crippen molar-refractivity contribution in [2.75, 3.05) is 0 Å². The van der Waals surface area contributed by atoms with Gasteiger partial charge in [-0.05, 0) is 26.0 Å². The van der Waals surface area contributed by atoms with Crippen LogP contribution in [0.5, 0.6) is 0 Å². The lowest BCUT2D eigenvalue weighted by Crippen LogP contribution is -2.32. The first-order valence-electron chi connectivity index (χ1n) is 5.54. The highest BCUT2D eigenvalue weighted by Gasteiger charge is 2.19. The smallest absolute Gasteiger partial charge is 0.233 e. The van der Waals surface area contributed by atoms with E-state index in [9.17, 15) is 4.79 Å². The highest BCUT2D eigenvalue weighted by molar-refractivity contribution is 8.02. The van der Waals surface area contributed by atoms with Crippen molar-refractivity contribution in [3.8, 4) is 0 Å². The second-order valence-electron chi connectivity index (χ2n) is 3.84. The van der Waals surface area contributed by atoms with Gasteiger partial charge in [-0.25, -0.2) is 0 Å². The Labute approximate surface area is 128 Å². The molecular weight excluding hydrogens is 322 g/mol. The Balaban J connectivity index is 1.89. The molecule has 0 aliphatic heterocycles. The van der Waals surface area contributed by atoms with Crippen LogP contribution in [0.4, 0.5) is 0 Å². The minimum absolute atomic E-state index is 0.0165. The van der Waals surface area contributed by atoms with E-state index in [0.717, 1.165) is 13.6 Å². The lowest BCUT2D eigenvalue weighted by atomic mass is 10.2. The number of carbonyl (C=O) groups excluding carboxylic acids is 1. The monoisotopic (exact) mass is 333 g/mol. The van der Waals surface area contributed by atoms with Crippen molar-refractivity contribution in [3.63, 3.8) is 0 Å². The van der Waals surface area contributed by atoms with Crippen LogP contribution >= 0.6 is 46.0 Å². The van der Waals surface area contributed by atoms with E-state index in [1.807, 2.05) is 26.0 Å². The fraction of sp³-hybridized carbons (Fsp3) is 0.364. The maximum absolute atomic E-state index is 12.1. The fourth-order valence-corrected chi connectivity index (χ4v) is 4.08. The van der Waals surface area contributed by atoms with Crippen molar-refractivity contribution in [1.29, 1.82) is 0 Å². The molecule has 2 aromatic rings. The van der Waals surface area contributed by atoms with E-state index in [1.165, 1.54) is 34.4 Å². The number of hydrogen-bond donors (Lipinski definition) is 1. The van der Waals surface area contributed by atoms with Crippen molar-refractivity contribution in [1.82, 2.24) is 15.5 Å². The van der Waals surface area contributed by atoms with Crippen molar-refractivity contribution < 1.29 is 4.79 Å². The number of halogens is 1. The van der Waals surface area contributed by atoms with E-state index in [0.29, 0.717) is 0 Å². The molecule has 2 aromatic heterocycles. The lowest BCUT2D eigenvalue weighted by Gasteiger charge is -2.15. The highest BCUT2D eigenvalue weighted by atomic mass is 35.5. The third-order valence-electron chi connectivity index (χ3n) is 2.37. The summed E-state index contributed by atoms with van der Waals surface area (Å²) >= 11 is 10.2. The van der Waals surface area contributed by atoms with Gasteiger partial charge in [0.25, 0.3) is 0 Å². The first-order chi connectivity index (χ1) is 9.06. The summed E-state index contributed by atoms with van der Waals surface area (Å²) in [7, 11) is 0. The molecule has 0 radical (unpaired) electrons. The molecule has 0 saturated heterocycles. The maximum atomic E-state index is 12.1. The van der Waals surface area contributed by atoms with Gasteiger partial charge in [0.1, 0.15) is 5.51 Å². The molecule has 102 valence electrons. The molecule has 2 rings (SSSR count). The van der Waals surface area contributed by atoms with Crippen LogP contribution in [0.15, 0.2) is 22.0 Å². The molecule has 0 aliphatic carbocycles. The summed E-state index contributed by atoms with van der Waals surface area (Å²) in [4.78, 5) is 13.1. The number of carbonyl (C=O) groups is 1. The van der Waals surface area contributed by atoms with Gasteiger partial charge in [-0.1, -0.05) is 34.7 Å². The first kappa shape index (κ1) is 14.8. The summed E-state index contributed by atoms with van der Waals surface area (Å²) in [6.45, 7) is 3.80. The van der Waals surface area contributed by atoms with E-state index in [-0.39, 0.29) is 17.2 Å². The molecule has 19 heavy (non-hydrogen) atoms. The Morgan fingerprint density at radius 1 is 1.47 bits per heavy atom. The molecule has 2 atom stereocenters. The minimum atomic E-state index is -0.203. The molecule has 1 N–H and O–H groups in total. The van der Waals surface area contributed by atoms with Crippen LogP contribution in [0.1, 0.15) is 24.8 Å². The van der Waals surface area contributed by atoms with E-state index < -0.39 is 0 Å². The van der Waals surface area contributed by atoms with Gasteiger partial charge in [0.2, 0.25) is 5.91 Å². The van der Waals surface area contributed by atoms with Gasteiger partial charge in [0.05, 0.1) is 15.6 Å². The Bertz CT molecular complexity index is 543. The van der Waals surface area contributed by atoms with Crippen molar-refractivity contribution in [2.24, 2.45) is 0 Å². The Hall–Kier alpha value is -0.630. The summed E-state index contributed by atoms with van der Waals surface area (Å²) in [5, 5.41) is 10.4. The van der Waals surface area contributed by atoms with Crippen LogP contribution in [-0.4, -0.2) is 21.4 Å². The van der Waals surface area contributed by atoms with Crippen LogP contribution in [0.25, 0.3) is 0 Å². The number of rotatable bonds is 5. The molecule has 0 aromatic carbocycles. The highest BCUT2D eigenvalue weighted by Crippen LogP contribution is 2.28. The number of amides is 1. The summed E-state index contributed by atoms with van der Waals surface area (Å²) in [5.74, 6) is -0.0165. The largest absolute Gasteiger partial charge is 0.348 e. The molecule has 0 bridgehead atoms. The van der Waals surface area contributed by atoms with Crippen LogP contribution in [0.3, 0.4) is 0 Å². The van der Waals surface area contributed by atoms with Crippen LogP contribution in [0, 0.1) is 0 Å². The van der Waals surface area contributed by atoms with E-state index >= 15 is 0 Å². The fourth-order valence-electron chi connectivity index (χ4n) is 1.38. The Morgan fingerprint density at radius 2 is 2.26 bits per heavy atom. The predicted octanol–water partition coefficient (Wildman–Crippen LogP) is 3.61. The normalized spacial score (nSPS) is 14.1. The molecule has 0 saturated carbocycles. The third-order valence-corrected chi connectivity index (χ3v) is 5.69. The van der Waals surface area contributed by atoms with Gasteiger partial charge < -0.3 is 5.32 Å². The molecule has 8 heteroatoms. The number of aromatic nitrogens is 2. The van der Waals surface area contributed by atoms with Gasteiger partial charge in [0, 0.05) is 4.88 Å². The average Bonchev–Trinajstić information content (AvgIpc) is 3.00. The number of nitrogens with one attached hydrogen (secondary N) is 1. The topological polar surface area (TPSA) is 54.9 Å². The van der Waals surface area contributed by atoms with Crippen molar-refractivity contribution in [2.45, 2.75) is 29.5 Å². The van der Waals surface area contributed by atoms with Gasteiger partial charge in [0.15, 0.2) is 4.34 Å². The quantitative estimate of drug-likeness (QED) is 0.849. The van der Waals surface area contributed by atoms with Gasteiger partial charge in [-0.15, -0.1) is 21.5 Å². The lowest BCUT2D eigenvalue weighted by molar-refractivity contribution is -0.120. The molecule has 0 spiro atoms. The number of thioether (sulfide) groups is 1. The summed E-state index contributed by atoms with van der Waals surface area (Å²) < 4.78 is 1.53. The minimum Gasteiger partial charge on any atom is -0.348 e. The van der Waals surface area contributed by atoms with Crippen LogP contribution in [-0.2, 0) is 4.79 Å². The third kappa shape index (κ3) is 4.17. The number of hydrogen-bond acceptors (Lipinski definition) is 6. The average molecular weight is 334 g/mol. The van der Waals surface area contributed by atoms with E-state index in [4.69, 9.17) is 11.6 Å². The van der Waals surface area contributed by atoms with Crippen molar-refractivity contribution >= 4 is 51.9 Å². The zero-order valence-corrected chi connectivity index (χ0v) is 13.5. The standard InChI is InChI=1S/C11H12ClN3OS3/c1-6(8-3-4-9(12)19-8)14-10(16)7(2)18-11-15-13-5-17-11/h3-7H,1-2H3,(H,14,16)/t6-,7-/m0/s1. The molecule has 0 fully saturated rings. The number of thiophene rings is 1. The van der Waals surface area contributed by atoms with Crippen LogP contribution < -0.4 is 5.32 Å². The maximum Gasteiger partial charge on any atom is 0.233 e.